The van der Waals surface area contributed by atoms with Gasteiger partial charge in [-0.25, -0.2) is 13.4 Å². The third-order valence-electron chi connectivity index (χ3n) is 10.0. The molecule has 304 valence electrons. The van der Waals surface area contributed by atoms with Gasteiger partial charge in [-0.1, -0.05) is 23.7 Å². The quantitative estimate of drug-likeness (QED) is 0.0872. The third kappa shape index (κ3) is 11.1. The van der Waals surface area contributed by atoms with Gasteiger partial charge >= 0.3 is 0 Å². The summed E-state index contributed by atoms with van der Waals surface area (Å²) >= 11 is 6.41. The van der Waals surface area contributed by atoms with Crippen LogP contribution in [0, 0.1) is 13.8 Å². The molecule has 0 radical (unpaired) electrons. The third-order valence-corrected chi connectivity index (χ3v) is 12.3. The predicted octanol–water partition coefficient (Wildman–Crippen LogP) is 9.19. The summed E-state index contributed by atoms with van der Waals surface area (Å²) in [4.78, 5) is 8.87. The number of rotatable bonds is 12. The Bertz CT molecular complexity index is 2100. The minimum Gasteiger partial charge on any atom is -0.489 e. The molecule has 0 aliphatic carbocycles. The summed E-state index contributed by atoms with van der Waals surface area (Å²) in [6.07, 6.45) is 6.15. The van der Waals surface area contributed by atoms with Crippen LogP contribution in [0.1, 0.15) is 103 Å². The van der Waals surface area contributed by atoms with Crippen LogP contribution in [0.4, 0.5) is 28.8 Å². The summed E-state index contributed by atoms with van der Waals surface area (Å²) in [6, 6.07) is 14.8. The molecule has 2 aliphatic rings. The number of nitrogens with two attached hydrogens (primary N) is 1. The summed E-state index contributed by atoms with van der Waals surface area (Å²) in [7, 11) is -3.95. The molecule has 3 heterocycles. The highest BCUT2D eigenvalue weighted by atomic mass is 35.5. The highest BCUT2D eigenvalue weighted by Gasteiger charge is 2.24. The number of nitrogen functional groups attached to an aromatic ring is 1. The van der Waals surface area contributed by atoms with Gasteiger partial charge < -0.3 is 36.5 Å². The zero-order valence-corrected chi connectivity index (χ0v) is 35.6. The first-order valence-electron chi connectivity index (χ1n) is 20.1. The van der Waals surface area contributed by atoms with Crippen molar-refractivity contribution >= 4 is 50.3 Å². The number of halogens is 1. The average molecular weight is 808 g/mol. The maximum atomic E-state index is 13.0. The lowest BCUT2D eigenvalue weighted by Crippen LogP contribution is -2.27. The van der Waals surface area contributed by atoms with E-state index in [1.54, 1.807) is 18.2 Å². The van der Waals surface area contributed by atoms with Gasteiger partial charge in [0.2, 0.25) is 5.95 Å². The second-order valence-electron chi connectivity index (χ2n) is 15.4. The standard InChI is InChI=1S/C28H36ClN5O3S.C15H24N2O/c1-17(2)37-25-15-21(20-10-12-30-13-11-20)19(5)14-24(25)33-28-31-16-22(29)27(34-28)32-23-8-6-7-9-26(23)38(35,36)18(3)4;1-10(2)18-15-9-13(11(3)8-14(15)16)12-4-6-17-7-5-12/h6-9,14-18,20,30H,10-13H2,1-5H3,(H2,31,32,33,34);8-10,12,17H,4-7,16H2,1-3H3/i18D;. The van der Waals surface area contributed by atoms with Crippen LogP contribution >= 0.6 is 11.6 Å². The van der Waals surface area contributed by atoms with E-state index >= 15 is 0 Å². The number of benzene rings is 3. The summed E-state index contributed by atoms with van der Waals surface area (Å²) < 4.78 is 46.2. The van der Waals surface area contributed by atoms with Crippen LogP contribution < -0.4 is 36.5 Å². The molecule has 2 fully saturated rings. The van der Waals surface area contributed by atoms with Gasteiger partial charge in [0.25, 0.3) is 0 Å². The van der Waals surface area contributed by atoms with Gasteiger partial charge in [0, 0.05) is 1.37 Å². The minimum atomic E-state index is -3.95. The van der Waals surface area contributed by atoms with Crippen molar-refractivity contribution in [2.75, 3.05) is 42.5 Å². The lowest BCUT2D eigenvalue weighted by atomic mass is 9.87. The molecule has 2 aliphatic heterocycles. The Labute approximate surface area is 340 Å². The smallest absolute Gasteiger partial charge is 0.229 e. The van der Waals surface area contributed by atoms with Crippen molar-refractivity contribution in [1.82, 2.24) is 20.6 Å². The van der Waals surface area contributed by atoms with E-state index in [1.165, 1.54) is 55.6 Å². The van der Waals surface area contributed by atoms with E-state index in [-0.39, 0.29) is 39.6 Å². The van der Waals surface area contributed by atoms with Gasteiger partial charge in [-0.05, 0) is 178 Å². The number of ether oxygens (including phenoxy) is 2. The Morgan fingerprint density at radius 2 is 1.34 bits per heavy atom. The maximum absolute atomic E-state index is 13.0. The largest absolute Gasteiger partial charge is 0.489 e. The molecule has 1 aromatic heterocycles. The Kier molecular flexibility index (Phi) is 14.4. The van der Waals surface area contributed by atoms with E-state index in [2.05, 4.69) is 69.3 Å². The van der Waals surface area contributed by atoms with Crippen LogP contribution in [0.2, 0.25) is 5.02 Å². The first-order valence-corrected chi connectivity index (χ1v) is 21.5. The molecule has 6 rings (SSSR count). The number of nitrogens with one attached hydrogen (secondary N) is 4. The Hall–Kier alpha value is -4.10. The van der Waals surface area contributed by atoms with Crippen molar-refractivity contribution < 1.29 is 19.3 Å². The molecule has 3 aromatic carbocycles. The monoisotopic (exact) mass is 806 g/mol. The van der Waals surface area contributed by atoms with Gasteiger partial charge in [-0.3, -0.25) is 0 Å². The maximum Gasteiger partial charge on any atom is 0.229 e. The van der Waals surface area contributed by atoms with Crippen LogP contribution in [-0.4, -0.2) is 62.0 Å². The number of nitrogens with zero attached hydrogens (tertiary/aromatic N) is 2. The van der Waals surface area contributed by atoms with Crippen LogP contribution in [0.25, 0.3) is 0 Å². The molecule has 6 N–H and O–H groups in total. The van der Waals surface area contributed by atoms with Gasteiger partial charge in [-0.15, -0.1) is 0 Å². The zero-order chi connectivity index (χ0) is 41.5. The Morgan fingerprint density at radius 3 is 1.91 bits per heavy atom. The van der Waals surface area contributed by atoms with Gasteiger partial charge in [0.15, 0.2) is 15.7 Å². The van der Waals surface area contributed by atoms with E-state index in [4.69, 9.17) is 28.2 Å². The van der Waals surface area contributed by atoms with E-state index in [0.29, 0.717) is 17.6 Å². The summed E-state index contributed by atoms with van der Waals surface area (Å²) in [5.41, 5.74) is 12.9. The molecular formula is C43H60ClN7O4S. The first-order chi connectivity index (χ1) is 26.9. The number of sulfone groups is 1. The molecule has 13 heteroatoms. The second-order valence-corrected chi connectivity index (χ2v) is 18.1. The molecule has 0 atom stereocenters. The summed E-state index contributed by atoms with van der Waals surface area (Å²) in [5.74, 6) is 3.17. The molecule has 56 heavy (non-hydrogen) atoms. The number of hydrogen-bond donors (Lipinski definition) is 5. The number of para-hydroxylation sites is 1. The predicted molar refractivity (Wildman–Crippen MR) is 230 cm³/mol. The average Bonchev–Trinajstić information content (AvgIpc) is 3.15. The van der Waals surface area contributed by atoms with Crippen molar-refractivity contribution in [3.8, 4) is 11.5 Å². The Balaban J connectivity index is 0.000000287. The van der Waals surface area contributed by atoms with Crippen molar-refractivity contribution in [3.63, 3.8) is 0 Å². The molecule has 0 bridgehead atoms. The summed E-state index contributed by atoms with van der Waals surface area (Å²) in [5, 5.41) is 11.6. The van der Waals surface area contributed by atoms with Gasteiger partial charge in [0.05, 0.1) is 45.6 Å². The number of hydrogen-bond acceptors (Lipinski definition) is 11. The normalized spacial score (nSPS) is 15.9. The second kappa shape index (κ2) is 19.4. The van der Waals surface area contributed by atoms with Crippen LogP contribution in [0.3, 0.4) is 0 Å². The topological polar surface area (TPSA) is 153 Å². The van der Waals surface area contributed by atoms with E-state index in [0.717, 1.165) is 61.7 Å². The fourth-order valence-electron chi connectivity index (χ4n) is 7.17. The van der Waals surface area contributed by atoms with E-state index in [1.807, 2.05) is 27.7 Å². The Morgan fingerprint density at radius 1 is 0.804 bits per heavy atom. The van der Waals surface area contributed by atoms with E-state index < -0.39 is 15.1 Å². The lowest BCUT2D eigenvalue weighted by Gasteiger charge is -2.26. The summed E-state index contributed by atoms with van der Waals surface area (Å²) in [6.45, 7) is 19.2. The number of aromatic nitrogens is 2. The minimum absolute atomic E-state index is 0.00839. The van der Waals surface area contributed by atoms with Crippen LogP contribution in [0.5, 0.6) is 11.5 Å². The molecule has 0 saturated carbocycles. The molecular weight excluding hydrogens is 746 g/mol. The SMILES string of the molecule is Cc1cc(N)c(OC(C)C)cc1C1CCNCC1.[2H]C(C)(C)S(=O)(=O)c1ccccc1Nc1nc(Nc2cc(C)c(C3CCNCC3)cc2OC(C)C)ncc1Cl. The molecule has 0 amide bonds. The molecule has 0 spiro atoms. The number of aryl methyl sites for hydroxylation is 2. The van der Waals surface area contributed by atoms with Crippen molar-refractivity contribution in [1.29, 1.82) is 0 Å². The van der Waals surface area contributed by atoms with Crippen molar-refractivity contribution in [3.05, 3.63) is 82.0 Å². The van der Waals surface area contributed by atoms with Crippen LogP contribution in [-0.2, 0) is 9.84 Å². The van der Waals surface area contributed by atoms with Crippen LogP contribution in [0.15, 0.2) is 59.6 Å². The number of piperidine rings is 2. The fourth-order valence-corrected chi connectivity index (χ4v) is 8.41. The highest BCUT2D eigenvalue weighted by molar-refractivity contribution is 7.92. The van der Waals surface area contributed by atoms with E-state index in [9.17, 15) is 8.42 Å². The van der Waals surface area contributed by atoms with Crippen molar-refractivity contribution in [2.45, 2.75) is 115 Å². The fraction of sp³-hybridized carbons (Fsp3) is 0.488. The zero-order valence-electron chi connectivity index (χ0n) is 35.1. The molecule has 0 unspecified atom stereocenters. The molecule has 11 nitrogen and oxygen atoms in total. The van der Waals surface area contributed by atoms with Crippen molar-refractivity contribution in [2.24, 2.45) is 0 Å². The molecule has 4 aromatic rings. The number of anilines is 5. The molecule has 2 saturated heterocycles. The highest BCUT2D eigenvalue weighted by Crippen LogP contribution is 2.38. The first kappa shape index (κ1) is 41.5. The van der Waals surface area contributed by atoms with Gasteiger partial charge in [0.1, 0.15) is 16.5 Å². The van der Waals surface area contributed by atoms with Gasteiger partial charge in [-0.2, -0.15) is 4.98 Å². The lowest BCUT2D eigenvalue weighted by molar-refractivity contribution is 0.243.